The number of fused-ring (bicyclic) bond motifs is 1. The third kappa shape index (κ3) is 2.61. The van der Waals surface area contributed by atoms with Crippen molar-refractivity contribution in [3.8, 4) is 0 Å². The monoisotopic (exact) mass is 218 g/mol. The number of aryl methyl sites for hydroxylation is 1. The predicted molar refractivity (Wildman–Crippen MR) is 65.6 cm³/mol. The minimum absolute atomic E-state index is 0.143. The van der Waals surface area contributed by atoms with Gasteiger partial charge >= 0.3 is 0 Å². The van der Waals surface area contributed by atoms with E-state index in [4.69, 9.17) is 0 Å². The van der Waals surface area contributed by atoms with Crippen molar-refractivity contribution in [1.29, 1.82) is 0 Å². The van der Waals surface area contributed by atoms with E-state index in [1.165, 1.54) is 11.1 Å². The lowest BCUT2D eigenvalue weighted by Crippen LogP contribution is -2.12. The summed E-state index contributed by atoms with van der Waals surface area (Å²) in [5.41, 5.74) is 3.55. The number of carbonyl (C=O) groups is 1. The Morgan fingerprint density at radius 2 is 2.25 bits per heavy atom. The van der Waals surface area contributed by atoms with Gasteiger partial charge in [-0.1, -0.05) is 12.1 Å². The Balaban J connectivity index is 2.19. The molecule has 1 aromatic rings. The van der Waals surface area contributed by atoms with E-state index < -0.39 is 0 Å². The van der Waals surface area contributed by atoms with Crippen LogP contribution in [0, 0.1) is 0 Å². The molecule has 3 heteroatoms. The van der Waals surface area contributed by atoms with Gasteiger partial charge in [-0.15, -0.1) is 0 Å². The first-order valence-electron chi connectivity index (χ1n) is 5.86. The average Bonchev–Trinajstić information content (AvgIpc) is 2.46. The summed E-state index contributed by atoms with van der Waals surface area (Å²) in [6.45, 7) is 0.965. The molecule has 1 aliphatic heterocycles. The molecule has 1 heterocycles. The number of rotatable bonds is 3. The number of hydrogen-bond acceptors (Lipinski definition) is 2. The fraction of sp³-hybridized carbons (Fsp3) is 0.462. The molecule has 0 atom stereocenters. The van der Waals surface area contributed by atoms with Gasteiger partial charge in [-0.05, 0) is 50.0 Å². The molecular weight excluding hydrogens is 200 g/mol. The second kappa shape index (κ2) is 5.12. The van der Waals surface area contributed by atoms with Gasteiger partial charge in [0, 0.05) is 12.1 Å². The molecule has 0 radical (unpaired) electrons. The number of likely N-dealkylation sites (N-methyl/N-ethyl adjacent to an activating group) is 1. The van der Waals surface area contributed by atoms with Crippen molar-refractivity contribution in [2.75, 3.05) is 18.9 Å². The molecule has 0 saturated heterocycles. The molecule has 0 fully saturated rings. The summed E-state index contributed by atoms with van der Waals surface area (Å²) >= 11 is 0. The Kier molecular flexibility index (Phi) is 3.57. The van der Waals surface area contributed by atoms with E-state index in [-0.39, 0.29) is 5.91 Å². The summed E-state index contributed by atoms with van der Waals surface area (Å²) in [6.07, 6.45) is 3.59. The minimum Gasteiger partial charge on any atom is -0.326 e. The highest BCUT2D eigenvalue weighted by molar-refractivity contribution is 5.92. The maximum Gasteiger partial charge on any atom is 0.224 e. The van der Waals surface area contributed by atoms with E-state index in [9.17, 15) is 4.79 Å². The van der Waals surface area contributed by atoms with Gasteiger partial charge in [-0.2, -0.15) is 0 Å². The molecule has 3 nitrogen and oxygen atoms in total. The Bertz CT molecular complexity index is 388. The van der Waals surface area contributed by atoms with Gasteiger partial charge in [0.1, 0.15) is 0 Å². The maximum absolute atomic E-state index is 11.4. The van der Waals surface area contributed by atoms with Crippen LogP contribution in [0.4, 0.5) is 5.69 Å². The number of amides is 1. The van der Waals surface area contributed by atoms with E-state index in [2.05, 4.69) is 28.8 Å². The van der Waals surface area contributed by atoms with Crippen LogP contribution in [0.1, 0.15) is 24.0 Å². The number of benzene rings is 1. The molecule has 0 spiro atoms. The molecule has 1 aromatic carbocycles. The Morgan fingerprint density at radius 1 is 1.38 bits per heavy atom. The Morgan fingerprint density at radius 3 is 3.06 bits per heavy atom. The lowest BCUT2D eigenvalue weighted by molar-refractivity contribution is -0.116. The van der Waals surface area contributed by atoms with E-state index >= 15 is 0 Å². The third-order valence-electron chi connectivity index (χ3n) is 2.96. The molecule has 1 aliphatic rings. The molecule has 0 aromatic heterocycles. The molecular formula is C13H18N2O. The molecule has 0 unspecified atom stereocenters. The lowest BCUT2D eigenvalue weighted by atomic mass is 10.0. The van der Waals surface area contributed by atoms with Crippen molar-refractivity contribution in [1.82, 2.24) is 5.32 Å². The zero-order chi connectivity index (χ0) is 11.4. The Hall–Kier alpha value is -1.35. The van der Waals surface area contributed by atoms with Crippen LogP contribution in [0.5, 0.6) is 0 Å². The first-order valence-corrected chi connectivity index (χ1v) is 5.86. The standard InChI is InChI=1S/C13H18N2O/c1-14-8-7-10-5-6-11-3-2-4-13(16)15-12(11)9-10/h5-6,9,14H,2-4,7-8H2,1H3,(H,15,16). The second-order valence-electron chi connectivity index (χ2n) is 4.25. The molecule has 0 saturated carbocycles. The summed E-state index contributed by atoms with van der Waals surface area (Å²) in [5.74, 6) is 0.143. The van der Waals surface area contributed by atoms with Crippen LogP contribution in [-0.2, 0) is 17.6 Å². The van der Waals surface area contributed by atoms with Crippen LogP contribution in [0.2, 0.25) is 0 Å². The zero-order valence-electron chi connectivity index (χ0n) is 9.68. The van der Waals surface area contributed by atoms with Crippen molar-refractivity contribution in [2.24, 2.45) is 0 Å². The van der Waals surface area contributed by atoms with E-state index in [0.29, 0.717) is 6.42 Å². The molecule has 1 amide bonds. The van der Waals surface area contributed by atoms with Crippen molar-refractivity contribution >= 4 is 11.6 Å². The van der Waals surface area contributed by atoms with Crippen LogP contribution >= 0.6 is 0 Å². The lowest BCUT2D eigenvalue weighted by Gasteiger charge is -2.09. The van der Waals surface area contributed by atoms with Crippen molar-refractivity contribution in [3.05, 3.63) is 29.3 Å². The summed E-state index contributed by atoms with van der Waals surface area (Å²) in [5, 5.41) is 6.11. The molecule has 16 heavy (non-hydrogen) atoms. The number of anilines is 1. The van der Waals surface area contributed by atoms with Crippen molar-refractivity contribution in [2.45, 2.75) is 25.7 Å². The van der Waals surface area contributed by atoms with Crippen LogP contribution in [0.3, 0.4) is 0 Å². The highest BCUT2D eigenvalue weighted by atomic mass is 16.1. The summed E-state index contributed by atoms with van der Waals surface area (Å²) in [6, 6.07) is 6.41. The molecule has 2 N–H and O–H groups in total. The summed E-state index contributed by atoms with van der Waals surface area (Å²) < 4.78 is 0. The smallest absolute Gasteiger partial charge is 0.224 e. The van der Waals surface area contributed by atoms with Gasteiger partial charge < -0.3 is 10.6 Å². The first-order chi connectivity index (χ1) is 7.79. The fourth-order valence-corrected chi connectivity index (χ4v) is 2.03. The Labute approximate surface area is 96.2 Å². The molecule has 2 rings (SSSR count). The van der Waals surface area contributed by atoms with E-state index in [1.54, 1.807) is 0 Å². The van der Waals surface area contributed by atoms with Crippen LogP contribution in [0.15, 0.2) is 18.2 Å². The zero-order valence-corrected chi connectivity index (χ0v) is 9.68. The highest BCUT2D eigenvalue weighted by Gasteiger charge is 2.12. The van der Waals surface area contributed by atoms with Gasteiger partial charge in [0.05, 0.1) is 0 Å². The van der Waals surface area contributed by atoms with Crippen LogP contribution < -0.4 is 10.6 Å². The average molecular weight is 218 g/mol. The quantitative estimate of drug-likeness (QED) is 0.811. The summed E-state index contributed by atoms with van der Waals surface area (Å²) in [7, 11) is 1.95. The number of carbonyl (C=O) groups excluding carboxylic acids is 1. The first kappa shape index (κ1) is 11.1. The van der Waals surface area contributed by atoms with Crippen molar-refractivity contribution < 1.29 is 4.79 Å². The fourth-order valence-electron chi connectivity index (χ4n) is 2.03. The van der Waals surface area contributed by atoms with E-state index in [1.807, 2.05) is 7.05 Å². The summed E-state index contributed by atoms with van der Waals surface area (Å²) in [4.78, 5) is 11.4. The number of hydrogen-bond donors (Lipinski definition) is 2. The van der Waals surface area contributed by atoms with Crippen molar-refractivity contribution in [3.63, 3.8) is 0 Å². The van der Waals surface area contributed by atoms with Crippen LogP contribution in [-0.4, -0.2) is 19.5 Å². The van der Waals surface area contributed by atoms with Gasteiger partial charge in [0.15, 0.2) is 0 Å². The number of nitrogens with one attached hydrogen (secondary N) is 2. The van der Waals surface area contributed by atoms with Gasteiger partial charge in [0.2, 0.25) is 5.91 Å². The normalized spacial score (nSPS) is 15.2. The maximum atomic E-state index is 11.4. The molecule has 0 aliphatic carbocycles. The SMILES string of the molecule is CNCCc1ccc2c(c1)NC(=O)CCC2. The van der Waals surface area contributed by atoms with Gasteiger partial charge in [0.25, 0.3) is 0 Å². The highest BCUT2D eigenvalue weighted by Crippen LogP contribution is 2.23. The van der Waals surface area contributed by atoms with Crippen LogP contribution in [0.25, 0.3) is 0 Å². The largest absolute Gasteiger partial charge is 0.326 e. The van der Waals surface area contributed by atoms with E-state index in [0.717, 1.165) is 31.5 Å². The molecule has 86 valence electrons. The minimum atomic E-state index is 0.143. The van der Waals surface area contributed by atoms with Gasteiger partial charge in [-0.25, -0.2) is 0 Å². The topological polar surface area (TPSA) is 41.1 Å². The predicted octanol–water partition coefficient (Wildman–Crippen LogP) is 1.72. The second-order valence-corrected chi connectivity index (χ2v) is 4.25. The third-order valence-corrected chi connectivity index (χ3v) is 2.96. The molecule has 0 bridgehead atoms. The van der Waals surface area contributed by atoms with Gasteiger partial charge in [-0.3, -0.25) is 4.79 Å².